The zero-order chi connectivity index (χ0) is 10.5. The van der Waals surface area contributed by atoms with E-state index in [1.54, 1.807) is 13.8 Å². The van der Waals surface area contributed by atoms with Crippen molar-refractivity contribution in [1.29, 1.82) is 0 Å². The summed E-state index contributed by atoms with van der Waals surface area (Å²) >= 11 is 0. The Morgan fingerprint density at radius 1 is 1.38 bits per heavy atom. The average molecular weight is 189 g/mol. The summed E-state index contributed by atoms with van der Waals surface area (Å²) in [7, 11) is 5.27. The molecule has 0 radical (unpaired) electrons. The first-order chi connectivity index (χ1) is 5.90. The summed E-state index contributed by atoms with van der Waals surface area (Å²) in [5.41, 5.74) is -0.843. The normalized spacial score (nSPS) is 11.8. The average Bonchev–Trinajstić information content (AvgIpc) is 2.01. The molecule has 0 amide bonds. The minimum atomic E-state index is -0.843. The first-order valence-electron chi connectivity index (χ1n) is 4.27. The Kier molecular flexibility index (Phi) is 4.95. The Morgan fingerprint density at radius 3 is 2.31 bits per heavy atom. The van der Waals surface area contributed by atoms with E-state index in [0.717, 1.165) is 6.54 Å². The maximum atomic E-state index is 11.1. The summed E-state index contributed by atoms with van der Waals surface area (Å²) < 4.78 is 9.97. The topological polar surface area (TPSA) is 38.8 Å². The smallest absolute Gasteiger partial charge is 0.337 e. The van der Waals surface area contributed by atoms with Gasteiger partial charge in [0.2, 0.25) is 0 Å². The lowest BCUT2D eigenvalue weighted by molar-refractivity contribution is -0.165. The largest absolute Gasteiger partial charge is 0.467 e. The van der Waals surface area contributed by atoms with E-state index < -0.39 is 5.60 Å². The van der Waals surface area contributed by atoms with Crippen LogP contribution in [0.2, 0.25) is 0 Å². The van der Waals surface area contributed by atoms with Gasteiger partial charge in [-0.3, -0.25) is 0 Å². The van der Waals surface area contributed by atoms with Crippen LogP contribution in [0, 0.1) is 0 Å². The van der Waals surface area contributed by atoms with Crippen molar-refractivity contribution >= 4 is 5.97 Å². The molecule has 0 saturated heterocycles. The van der Waals surface area contributed by atoms with Crippen LogP contribution in [0.5, 0.6) is 0 Å². The molecular weight excluding hydrogens is 170 g/mol. The summed E-state index contributed by atoms with van der Waals surface area (Å²) in [5.74, 6) is -0.341. The van der Waals surface area contributed by atoms with Gasteiger partial charge in [-0.2, -0.15) is 0 Å². The summed E-state index contributed by atoms with van der Waals surface area (Å²) in [6.45, 7) is 4.72. The Hall–Kier alpha value is -0.610. The van der Waals surface area contributed by atoms with E-state index in [1.807, 2.05) is 19.0 Å². The van der Waals surface area contributed by atoms with E-state index in [2.05, 4.69) is 4.74 Å². The van der Waals surface area contributed by atoms with Gasteiger partial charge in [0.1, 0.15) is 0 Å². The van der Waals surface area contributed by atoms with Crippen LogP contribution in [0.4, 0.5) is 0 Å². The number of likely N-dealkylation sites (N-methyl/N-ethyl adjacent to an activating group) is 1. The lowest BCUT2D eigenvalue weighted by Gasteiger charge is -2.23. The number of ether oxygens (including phenoxy) is 2. The Balaban J connectivity index is 3.82. The van der Waals surface area contributed by atoms with E-state index in [9.17, 15) is 4.79 Å². The number of rotatable bonds is 5. The predicted octanol–water partition coefficient (Wildman–Crippen LogP) is 0.516. The van der Waals surface area contributed by atoms with E-state index in [4.69, 9.17) is 4.74 Å². The molecule has 13 heavy (non-hydrogen) atoms. The lowest BCUT2D eigenvalue weighted by Crippen LogP contribution is -2.38. The molecule has 0 fully saturated rings. The number of hydrogen-bond donors (Lipinski definition) is 0. The van der Waals surface area contributed by atoms with Crippen LogP contribution in [0.1, 0.15) is 13.8 Å². The van der Waals surface area contributed by atoms with Crippen molar-refractivity contribution in [2.75, 3.05) is 34.4 Å². The molecule has 0 aromatic rings. The molecular formula is C9H19NO3. The van der Waals surface area contributed by atoms with Gasteiger partial charge < -0.3 is 14.4 Å². The standard InChI is InChI=1S/C9H19NO3/c1-9(2,8(11)12-5)13-7-6-10(3)4/h6-7H2,1-5H3. The van der Waals surface area contributed by atoms with Crippen LogP contribution in [-0.2, 0) is 14.3 Å². The third-order valence-corrected chi connectivity index (χ3v) is 1.68. The third kappa shape index (κ3) is 4.85. The molecule has 0 aliphatic heterocycles. The van der Waals surface area contributed by atoms with Crippen LogP contribution in [0.15, 0.2) is 0 Å². The monoisotopic (exact) mass is 189 g/mol. The lowest BCUT2D eigenvalue weighted by atomic mass is 10.1. The van der Waals surface area contributed by atoms with Crippen LogP contribution in [0.3, 0.4) is 0 Å². The third-order valence-electron chi connectivity index (χ3n) is 1.68. The zero-order valence-electron chi connectivity index (χ0n) is 9.09. The molecule has 0 rings (SSSR count). The minimum Gasteiger partial charge on any atom is -0.467 e. The van der Waals surface area contributed by atoms with Crippen molar-refractivity contribution in [3.63, 3.8) is 0 Å². The van der Waals surface area contributed by atoms with Crippen LogP contribution < -0.4 is 0 Å². The highest BCUT2D eigenvalue weighted by Crippen LogP contribution is 2.10. The molecule has 0 spiro atoms. The molecule has 0 saturated carbocycles. The second-order valence-corrected chi connectivity index (χ2v) is 3.65. The molecule has 4 nitrogen and oxygen atoms in total. The number of hydrogen-bond acceptors (Lipinski definition) is 4. The molecule has 0 aromatic carbocycles. The molecule has 4 heteroatoms. The Morgan fingerprint density at radius 2 is 1.92 bits per heavy atom. The molecule has 78 valence electrons. The van der Waals surface area contributed by atoms with Crippen LogP contribution in [0.25, 0.3) is 0 Å². The SMILES string of the molecule is COC(=O)C(C)(C)OCCN(C)C. The number of carbonyl (C=O) groups is 1. The van der Waals surface area contributed by atoms with Crippen molar-refractivity contribution in [3.8, 4) is 0 Å². The van der Waals surface area contributed by atoms with Crippen LogP contribution >= 0.6 is 0 Å². The van der Waals surface area contributed by atoms with Gasteiger partial charge in [0, 0.05) is 6.54 Å². The van der Waals surface area contributed by atoms with Crippen molar-refractivity contribution < 1.29 is 14.3 Å². The summed E-state index contributed by atoms with van der Waals surface area (Å²) in [4.78, 5) is 13.1. The quantitative estimate of drug-likeness (QED) is 0.591. The fraction of sp³-hybridized carbons (Fsp3) is 0.889. The molecule has 0 bridgehead atoms. The van der Waals surface area contributed by atoms with E-state index in [0.29, 0.717) is 6.61 Å². The maximum absolute atomic E-state index is 11.1. The molecule has 0 aliphatic carbocycles. The van der Waals surface area contributed by atoms with Crippen molar-refractivity contribution in [2.45, 2.75) is 19.4 Å². The second kappa shape index (κ2) is 5.19. The number of methoxy groups -OCH3 is 1. The number of nitrogens with zero attached hydrogens (tertiary/aromatic N) is 1. The van der Waals surface area contributed by atoms with Crippen molar-refractivity contribution in [3.05, 3.63) is 0 Å². The van der Waals surface area contributed by atoms with Crippen molar-refractivity contribution in [2.24, 2.45) is 0 Å². The second-order valence-electron chi connectivity index (χ2n) is 3.65. The van der Waals surface area contributed by atoms with Gasteiger partial charge in [-0.15, -0.1) is 0 Å². The zero-order valence-corrected chi connectivity index (χ0v) is 9.09. The van der Waals surface area contributed by atoms with Crippen molar-refractivity contribution in [1.82, 2.24) is 4.90 Å². The highest BCUT2D eigenvalue weighted by Gasteiger charge is 2.29. The first-order valence-corrected chi connectivity index (χ1v) is 4.27. The Bertz CT molecular complexity index is 166. The number of carbonyl (C=O) groups excluding carboxylic acids is 1. The van der Waals surface area contributed by atoms with Gasteiger partial charge in [-0.1, -0.05) is 0 Å². The summed E-state index contributed by atoms with van der Waals surface area (Å²) in [5, 5.41) is 0. The molecule has 0 aliphatic rings. The minimum absolute atomic E-state index is 0.341. The summed E-state index contributed by atoms with van der Waals surface area (Å²) in [6.07, 6.45) is 0. The van der Waals surface area contributed by atoms with Gasteiger partial charge in [-0.25, -0.2) is 4.79 Å². The van der Waals surface area contributed by atoms with E-state index >= 15 is 0 Å². The van der Waals surface area contributed by atoms with E-state index in [1.165, 1.54) is 7.11 Å². The van der Waals surface area contributed by atoms with E-state index in [-0.39, 0.29) is 5.97 Å². The van der Waals surface area contributed by atoms with Gasteiger partial charge in [0.15, 0.2) is 5.60 Å². The molecule has 0 unspecified atom stereocenters. The summed E-state index contributed by atoms with van der Waals surface area (Å²) in [6, 6.07) is 0. The highest BCUT2D eigenvalue weighted by molar-refractivity contribution is 5.78. The predicted molar refractivity (Wildman–Crippen MR) is 50.6 cm³/mol. The van der Waals surface area contributed by atoms with Gasteiger partial charge in [0.05, 0.1) is 13.7 Å². The number of esters is 1. The molecule has 0 atom stereocenters. The first kappa shape index (κ1) is 12.4. The highest BCUT2D eigenvalue weighted by atomic mass is 16.6. The molecule has 0 heterocycles. The Labute approximate surface area is 79.8 Å². The molecule has 0 N–H and O–H groups in total. The van der Waals surface area contributed by atoms with Gasteiger partial charge in [-0.05, 0) is 27.9 Å². The molecule has 0 aromatic heterocycles. The fourth-order valence-electron chi connectivity index (χ4n) is 0.788. The maximum Gasteiger partial charge on any atom is 0.337 e. The fourth-order valence-corrected chi connectivity index (χ4v) is 0.788. The van der Waals surface area contributed by atoms with Gasteiger partial charge >= 0.3 is 5.97 Å². The van der Waals surface area contributed by atoms with Crippen LogP contribution in [-0.4, -0.2) is 50.8 Å². The van der Waals surface area contributed by atoms with Gasteiger partial charge in [0.25, 0.3) is 0 Å².